The quantitative estimate of drug-likeness (QED) is 0.569. The molecular formula is C9H19F. The van der Waals surface area contributed by atoms with Crippen molar-refractivity contribution < 1.29 is 4.39 Å². The maximum Gasteiger partial charge on any atom is 0.105 e. The summed E-state index contributed by atoms with van der Waals surface area (Å²) in [5, 5.41) is 0. The van der Waals surface area contributed by atoms with Crippen molar-refractivity contribution in [2.24, 2.45) is 5.92 Å². The normalized spacial score (nSPS) is 12.6. The molecule has 62 valence electrons. The molecule has 0 rings (SSSR count). The van der Waals surface area contributed by atoms with Gasteiger partial charge in [0, 0.05) is 0 Å². The molecule has 0 spiro atoms. The Labute approximate surface area is 63.8 Å². The van der Waals surface area contributed by atoms with Crippen LogP contribution in [0.25, 0.3) is 0 Å². The van der Waals surface area contributed by atoms with Crippen LogP contribution in [-0.2, 0) is 0 Å². The minimum Gasteiger partial charge on any atom is -0.244 e. The molecule has 0 aromatic rings. The molecule has 0 saturated heterocycles. The van der Waals surface area contributed by atoms with Gasteiger partial charge in [-0.3, -0.25) is 0 Å². The van der Waals surface area contributed by atoms with Gasteiger partial charge in [0.1, 0.15) is 5.67 Å². The maximum atomic E-state index is 13.0. The van der Waals surface area contributed by atoms with Crippen molar-refractivity contribution in [1.29, 1.82) is 0 Å². The minimum absolute atomic E-state index is 0.569. The van der Waals surface area contributed by atoms with Crippen LogP contribution in [0.5, 0.6) is 0 Å². The summed E-state index contributed by atoms with van der Waals surface area (Å²) in [6.07, 6.45) is 2.91. The summed E-state index contributed by atoms with van der Waals surface area (Å²) < 4.78 is 13.0. The van der Waals surface area contributed by atoms with Gasteiger partial charge in [0.2, 0.25) is 0 Å². The van der Waals surface area contributed by atoms with Crippen molar-refractivity contribution in [1.82, 2.24) is 0 Å². The van der Waals surface area contributed by atoms with E-state index in [4.69, 9.17) is 0 Å². The van der Waals surface area contributed by atoms with E-state index in [0.29, 0.717) is 12.3 Å². The Hall–Kier alpha value is -0.0700. The van der Waals surface area contributed by atoms with Gasteiger partial charge in [-0.15, -0.1) is 0 Å². The van der Waals surface area contributed by atoms with Crippen molar-refractivity contribution in [3.8, 4) is 0 Å². The molecule has 0 unspecified atom stereocenters. The van der Waals surface area contributed by atoms with E-state index >= 15 is 0 Å². The second-order valence-electron chi connectivity index (χ2n) is 3.61. The highest BCUT2D eigenvalue weighted by molar-refractivity contribution is 4.70. The van der Waals surface area contributed by atoms with Crippen LogP contribution in [0.15, 0.2) is 0 Å². The summed E-state index contributed by atoms with van der Waals surface area (Å²) in [5.41, 5.74) is -0.976. The molecule has 0 aliphatic rings. The van der Waals surface area contributed by atoms with E-state index in [9.17, 15) is 4.39 Å². The highest BCUT2D eigenvalue weighted by Crippen LogP contribution is 2.24. The lowest BCUT2D eigenvalue weighted by Gasteiger charge is -2.20. The molecule has 0 N–H and O–H groups in total. The van der Waals surface area contributed by atoms with Crippen LogP contribution in [0.3, 0.4) is 0 Å². The molecule has 0 aromatic heterocycles. The average Bonchev–Trinajstić information content (AvgIpc) is 1.81. The van der Waals surface area contributed by atoms with Crippen LogP contribution < -0.4 is 0 Å². The van der Waals surface area contributed by atoms with Crippen LogP contribution >= 0.6 is 0 Å². The lowest BCUT2D eigenvalue weighted by atomic mass is 9.91. The molecule has 0 radical (unpaired) electrons. The number of rotatable bonds is 4. The van der Waals surface area contributed by atoms with Crippen LogP contribution in [0, 0.1) is 5.92 Å². The summed E-state index contributed by atoms with van der Waals surface area (Å²) in [4.78, 5) is 0. The molecule has 0 fully saturated rings. The Kier molecular flexibility index (Phi) is 3.92. The standard InChI is InChI=1S/C9H19F/c1-5-8(6-2)7-9(3,4)10/h8H,5-7H2,1-4H3. The lowest BCUT2D eigenvalue weighted by Crippen LogP contribution is -2.17. The maximum absolute atomic E-state index is 13.0. The Morgan fingerprint density at radius 3 is 1.70 bits per heavy atom. The van der Waals surface area contributed by atoms with E-state index in [2.05, 4.69) is 13.8 Å². The SMILES string of the molecule is CCC(CC)CC(C)(C)F. The second kappa shape index (κ2) is 3.95. The number of hydrogen-bond acceptors (Lipinski definition) is 0. The van der Waals surface area contributed by atoms with Crippen LogP contribution in [0.4, 0.5) is 4.39 Å². The lowest BCUT2D eigenvalue weighted by molar-refractivity contribution is 0.164. The summed E-state index contributed by atoms with van der Waals surface area (Å²) in [6, 6.07) is 0. The van der Waals surface area contributed by atoms with Crippen LogP contribution in [0.1, 0.15) is 47.0 Å². The monoisotopic (exact) mass is 146 g/mol. The predicted molar refractivity (Wildman–Crippen MR) is 43.9 cm³/mol. The van der Waals surface area contributed by atoms with Gasteiger partial charge >= 0.3 is 0 Å². The molecule has 0 aliphatic heterocycles. The summed E-state index contributed by atoms with van der Waals surface area (Å²) in [5.74, 6) is 0.569. The number of halogens is 1. The minimum atomic E-state index is -0.976. The molecule has 0 atom stereocenters. The molecule has 0 amide bonds. The number of hydrogen-bond donors (Lipinski definition) is 0. The second-order valence-corrected chi connectivity index (χ2v) is 3.61. The van der Waals surface area contributed by atoms with Gasteiger partial charge in [0.15, 0.2) is 0 Å². The van der Waals surface area contributed by atoms with Gasteiger partial charge in [-0.2, -0.15) is 0 Å². The largest absolute Gasteiger partial charge is 0.244 e. The Morgan fingerprint density at radius 2 is 1.60 bits per heavy atom. The summed E-state index contributed by atoms with van der Waals surface area (Å²) in [7, 11) is 0. The first-order valence-corrected chi connectivity index (χ1v) is 4.18. The van der Waals surface area contributed by atoms with Gasteiger partial charge in [-0.05, 0) is 26.2 Å². The third-order valence-electron chi connectivity index (χ3n) is 1.93. The van der Waals surface area contributed by atoms with E-state index in [1.807, 2.05) is 0 Å². The zero-order valence-electron chi connectivity index (χ0n) is 7.58. The van der Waals surface area contributed by atoms with Gasteiger partial charge < -0.3 is 0 Å². The van der Waals surface area contributed by atoms with E-state index < -0.39 is 5.67 Å². The third kappa shape index (κ3) is 4.78. The summed E-state index contributed by atoms with van der Waals surface area (Å²) >= 11 is 0. The third-order valence-corrected chi connectivity index (χ3v) is 1.93. The molecule has 1 heteroatoms. The zero-order chi connectivity index (χ0) is 8.20. The van der Waals surface area contributed by atoms with Crippen molar-refractivity contribution in [2.75, 3.05) is 0 Å². The molecule has 0 bridgehead atoms. The molecule has 0 nitrogen and oxygen atoms in total. The zero-order valence-corrected chi connectivity index (χ0v) is 7.58. The van der Waals surface area contributed by atoms with E-state index in [0.717, 1.165) is 12.8 Å². The first-order chi connectivity index (χ1) is 4.49. The molecule has 0 heterocycles. The average molecular weight is 146 g/mol. The predicted octanol–water partition coefficient (Wildman–Crippen LogP) is 3.56. The fourth-order valence-corrected chi connectivity index (χ4v) is 1.26. The highest BCUT2D eigenvalue weighted by atomic mass is 19.1. The first-order valence-electron chi connectivity index (χ1n) is 4.18. The van der Waals surface area contributed by atoms with E-state index in [1.165, 1.54) is 0 Å². The van der Waals surface area contributed by atoms with E-state index in [1.54, 1.807) is 13.8 Å². The fraction of sp³-hybridized carbons (Fsp3) is 1.00. The van der Waals surface area contributed by atoms with Crippen LogP contribution in [0.2, 0.25) is 0 Å². The van der Waals surface area contributed by atoms with Gasteiger partial charge in [0.05, 0.1) is 0 Å². The van der Waals surface area contributed by atoms with Gasteiger partial charge in [-0.25, -0.2) is 4.39 Å². The highest BCUT2D eigenvalue weighted by Gasteiger charge is 2.19. The van der Waals surface area contributed by atoms with Gasteiger partial charge in [-0.1, -0.05) is 26.7 Å². The summed E-state index contributed by atoms with van der Waals surface area (Å²) in [6.45, 7) is 7.57. The van der Waals surface area contributed by atoms with Gasteiger partial charge in [0.25, 0.3) is 0 Å². The Morgan fingerprint density at radius 1 is 1.20 bits per heavy atom. The Balaban J connectivity index is 3.63. The molecule has 0 saturated carbocycles. The topological polar surface area (TPSA) is 0 Å². The Bertz CT molecular complexity index is 77.2. The fourth-order valence-electron chi connectivity index (χ4n) is 1.26. The van der Waals surface area contributed by atoms with Crippen molar-refractivity contribution in [2.45, 2.75) is 52.6 Å². The smallest absolute Gasteiger partial charge is 0.105 e. The molecular weight excluding hydrogens is 127 g/mol. The number of alkyl halides is 1. The van der Waals surface area contributed by atoms with Crippen molar-refractivity contribution in [3.05, 3.63) is 0 Å². The van der Waals surface area contributed by atoms with Crippen LogP contribution in [-0.4, -0.2) is 5.67 Å². The van der Waals surface area contributed by atoms with Crippen molar-refractivity contribution >= 4 is 0 Å². The molecule has 0 aliphatic carbocycles. The molecule has 0 aromatic carbocycles. The first kappa shape index (κ1) is 9.93. The van der Waals surface area contributed by atoms with Crippen molar-refractivity contribution in [3.63, 3.8) is 0 Å². The molecule has 10 heavy (non-hydrogen) atoms. The van der Waals surface area contributed by atoms with E-state index in [-0.39, 0.29) is 0 Å².